The molecule has 0 radical (unpaired) electrons. The maximum absolute atomic E-state index is 5.99. The van der Waals surface area contributed by atoms with Crippen molar-refractivity contribution in [1.82, 2.24) is 9.97 Å². The van der Waals surface area contributed by atoms with E-state index >= 15 is 0 Å². The van der Waals surface area contributed by atoms with Gasteiger partial charge in [0, 0.05) is 48.7 Å². The molecule has 1 aliphatic carbocycles. The van der Waals surface area contributed by atoms with E-state index in [0.717, 1.165) is 30.6 Å². The molecule has 0 bridgehead atoms. The topological polar surface area (TPSA) is 91.8 Å². The Morgan fingerprint density at radius 1 is 1.14 bits per heavy atom. The molecule has 3 N–H and O–H groups in total. The van der Waals surface area contributed by atoms with Crippen molar-refractivity contribution in [2.24, 2.45) is 15.7 Å². The summed E-state index contributed by atoms with van der Waals surface area (Å²) in [6.45, 7) is 12.2. The molecule has 7 nitrogen and oxygen atoms in total. The average molecular weight is 496 g/mol. The molecule has 0 aliphatic heterocycles. The van der Waals surface area contributed by atoms with Gasteiger partial charge in [-0.3, -0.25) is 4.99 Å². The van der Waals surface area contributed by atoms with Crippen molar-refractivity contribution < 1.29 is 0 Å². The summed E-state index contributed by atoms with van der Waals surface area (Å²) >= 11 is 0. The van der Waals surface area contributed by atoms with Crippen molar-refractivity contribution in [2.75, 3.05) is 17.3 Å². The van der Waals surface area contributed by atoms with Crippen LogP contribution in [0.1, 0.15) is 48.9 Å². The van der Waals surface area contributed by atoms with E-state index in [4.69, 9.17) is 10.7 Å². The van der Waals surface area contributed by atoms with Crippen LogP contribution < -0.4 is 26.5 Å². The van der Waals surface area contributed by atoms with E-state index < -0.39 is 0 Å². The Bertz CT molecular complexity index is 1430. The number of nitrogens with zero attached hydrogens (tertiary/aromatic N) is 5. The van der Waals surface area contributed by atoms with Gasteiger partial charge in [-0.2, -0.15) is 0 Å². The Morgan fingerprint density at radius 2 is 1.92 bits per heavy atom. The van der Waals surface area contributed by atoms with Crippen LogP contribution in [0.2, 0.25) is 0 Å². The van der Waals surface area contributed by atoms with Gasteiger partial charge < -0.3 is 16.0 Å². The second kappa shape index (κ2) is 11.5. The van der Waals surface area contributed by atoms with Crippen LogP contribution in [-0.4, -0.2) is 41.5 Å². The Labute approximate surface area is 219 Å². The molecule has 1 aromatic heterocycles. The first-order chi connectivity index (χ1) is 17.8. The van der Waals surface area contributed by atoms with Crippen LogP contribution >= 0.6 is 0 Å². The summed E-state index contributed by atoms with van der Waals surface area (Å²) in [4.78, 5) is 20.5. The number of benzene rings is 2. The molecule has 1 heterocycles. The second-order valence-corrected chi connectivity index (χ2v) is 9.73. The van der Waals surface area contributed by atoms with Crippen molar-refractivity contribution in [3.63, 3.8) is 0 Å². The van der Waals surface area contributed by atoms with Gasteiger partial charge in [0.25, 0.3) is 0 Å². The number of anilines is 2. The second-order valence-electron chi connectivity index (χ2n) is 9.73. The lowest BCUT2D eigenvalue weighted by molar-refractivity contribution is 0.337. The van der Waals surface area contributed by atoms with Crippen LogP contribution in [0.3, 0.4) is 0 Å². The highest BCUT2D eigenvalue weighted by Gasteiger charge is 2.30. The van der Waals surface area contributed by atoms with Gasteiger partial charge in [-0.1, -0.05) is 24.8 Å². The smallest absolute Gasteiger partial charge is 0.225 e. The highest BCUT2D eigenvalue weighted by atomic mass is 15.3. The van der Waals surface area contributed by atoms with E-state index in [1.165, 1.54) is 22.3 Å². The van der Waals surface area contributed by atoms with Gasteiger partial charge in [0.05, 0.1) is 5.69 Å². The van der Waals surface area contributed by atoms with Gasteiger partial charge in [-0.05, 0) is 87.4 Å². The van der Waals surface area contributed by atoms with Gasteiger partial charge in [-0.15, -0.1) is 0 Å². The van der Waals surface area contributed by atoms with Crippen molar-refractivity contribution in [3.05, 3.63) is 75.4 Å². The van der Waals surface area contributed by atoms with Crippen LogP contribution in [0.4, 0.5) is 17.3 Å². The van der Waals surface area contributed by atoms with Gasteiger partial charge in [-0.25, -0.2) is 15.0 Å². The van der Waals surface area contributed by atoms with Gasteiger partial charge >= 0.3 is 0 Å². The first-order valence-electron chi connectivity index (χ1n) is 12.8. The third kappa shape index (κ3) is 6.12. The third-order valence-corrected chi connectivity index (χ3v) is 6.89. The molecule has 7 heteroatoms. The standard InChI is InChI=1S/C30H37N7/c1-7-32-27-15-22(10-9-19(27)3)14-23-11-12-25(13-20(23)4)35-29(33-8-2)28-21(5)18-34-30(36-28)37(6)26-16-24(31)17-26/h7-13,15,18,24,26,35H,5,14,16-17,31H2,1-4,6H3/b29-28-,32-7?,33-8?. The van der Waals surface area contributed by atoms with Crippen LogP contribution in [0, 0.1) is 13.8 Å². The fourth-order valence-corrected chi connectivity index (χ4v) is 4.54. The summed E-state index contributed by atoms with van der Waals surface area (Å²) in [5.41, 5.74) is 12.8. The zero-order valence-corrected chi connectivity index (χ0v) is 22.5. The first kappa shape index (κ1) is 26.2. The number of hydrogen-bond donors (Lipinski definition) is 2. The van der Waals surface area contributed by atoms with Crippen LogP contribution in [-0.2, 0) is 6.42 Å². The first-order valence-corrected chi connectivity index (χ1v) is 12.8. The Kier molecular flexibility index (Phi) is 8.14. The maximum atomic E-state index is 5.99. The zero-order chi connectivity index (χ0) is 26.5. The molecule has 0 spiro atoms. The van der Waals surface area contributed by atoms with E-state index in [9.17, 15) is 0 Å². The molecular weight excluding hydrogens is 458 g/mol. The Hall–Kier alpha value is -3.84. The third-order valence-electron chi connectivity index (χ3n) is 6.89. The summed E-state index contributed by atoms with van der Waals surface area (Å²) in [7, 11) is 2.02. The van der Waals surface area contributed by atoms with E-state index in [2.05, 4.69) is 82.0 Å². The van der Waals surface area contributed by atoms with Crippen molar-refractivity contribution in [3.8, 4) is 0 Å². The summed E-state index contributed by atoms with van der Waals surface area (Å²) in [5, 5.41) is 4.86. The predicted molar refractivity (Wildman–Crippen MR) is 156 cm³/mol. The van der Waals surface area contributed by atoms with Crippen LogP contribution in [0.5, 0.6) is 0 Å². The molecule has 1 saturated carbocycles. The van der Waals surface area contributed by atoms with Crippen molar-refractivity contribution >= 4 is 42.2 Å². The maximum Gasteiger partial charge on any atom is 0.225 e. The normalized spacial score (nSPS) is 18.2. The SMILES string of the molecule is C=c1cnc(N(C)C2CC(N)C2)n/c1=C(/N=CC)Nc1ccc(Cc2ccc(C)c(N=CC)c2)c(C)c1. The van der Waals surface area contributed by atoms with Crippen molar-refractivity contribution in [1.29, 1.82) is 0 Å². The van der Waals surface area contributed by atoms with Crippen LogP contribution in [0.25, 0.3) is 12.4 Å². The average Bonchev–Trinajstić information content (AvgIpc) is 2.85. The highest BCUT2D eigenvalue weighted by Crippen LogP contribution is 2.26. The molecule has 192 valence electrons. The minimum absolute atomic E-state index is 0.261. The number of nitrogens with one attached hydrogen (secondary N) is 1. The summed E-state index contributed by atoms with van der Waals surface area (Å²) < 4.78 is 0. The number of aryl methyl sites for hydroxylation is 2. The number of hydrogen-bond acceptors (Lipinski definition) is 7. The van der Waals surface area contributed by atoms with Gasteiger partial charge in [0.2, 0.25) is 5.95 Å². The minimum Gasteiger partial charge on any atom is -0.341 e. The largest absolute Gasteiger partial charge is 0.341 e. The summed E-state index contributed by atoms with van der Waals surface area (Å²) in [6.07, 6.45) is 8.09. The lowest BCUT2D eigenvalue weighted by atomic mass is 9.87. The highest BCUT2D eigenvalue weighted by molar-refractivity contribution is 5.71. The van der Waals surface area contributed by atoms with Gasteiger partial charge in [0.15, 0.2) is 5.82 Å². The van der Waals surface area contributed by atoms with Crippen LogP contribution in [0.15, 0.2) is 52.6 Å². The molecule has 1 aliphatic rings. The molecule has 0 atom stereocenters. The van der Waals surface area contributed by atoms with E-state index in [0.29, 0.717) is 28.4 Å². The lowest BCUT2D eigenvalue weighted by Gasteiger charge is -2.39. The molecular formula is C30H37N7. The molecule has 3 aromatic rings. The predicted octanol–water partition coefficient (Wildman–Crippen LogP) is 4.01. The number of nitrogens with two attached hydrogens (primary N) is 1. The fraction of sp³-hybridized carbons (Fsp3) is 0.333. The number of aromatic nitrogens is 2. The van der Waals surface area contributed by atoms with Crippen molar-refractivity contribution in [2.45, 2.75) is 59.0 Å². The quantitative estimate of drug-likeness (QED) is 0.461. The Morgan fingerprint density at radius 3 is 2.59 bits per heavy atom. The lowest BCUT2D eigenvalue weighted by Crippen LogP contribution is -2.50. The Balaban J connectivity index is 1.61. The molecule has 0 saturated heterocycles. The summed E-state index contributed by atoms with van der Waals surface area (Å²) in [6, 6.07) is 13.5. The minimum atomic E-state index is 0.261. The molecule has 37 heavy (non-hydrogen) atoms. The van der Waals surface area contributed by atoms with E-state index in [1.807, 2.05) is 27.1 Å². The summed E-state index contributed by atoms with van der Waals surface area (Å²) in [5.74, 6) is 1.30. The molecule has 2 aromatic carbocycles. The molecule has 4 rings (SSSR count). The van der Waals surface area contributed by atoms with E-state index in [1.54, 1.807) is 12.4 Å². The zero-order valence-electron chi connectivity index (χ0n) is 22.5. The number of aliphatic imine (C=N–C) groups is 2. The molecule has 0 unspecified atom stereocenters. The monoisotopic (exact) mass is 495 g/mol. The van der Waals surface area contributed by atoms with Gasteiger partial charge in [0.1, 0.15) is 5.35 Å². The van der Waals surface area contributed by atoms with E-state index in [-0.39, 0.29) is 6.04 Å². The number of rotatable bonds is 8. The molecule has 1 fully saturated rings. The molecule has 0 amide bonds. The fourth-order valence-electron chi connectivity index (χ4n) is 4.54.